The summed E-state index contributed by atoms with van der Waals surface area (Å²) in [5.41, 5.74) is 16.6. The maximum atomic E-state index is 6.94. The van der Waals surface area contributed by atoms with E-state index < -0.39 is 5.41 Å². The summed E-state index contributed by atoms with van der Waals surface area (Å²) in [5.74, 6) is 0.575. The molecular formula is C59H47NO. The van der Waals surface area contributed by atoms with Crippen molar-refractivity contribution in [3.8, 4) is 22.3 Å². The van der Waals surface area contributed by atoms with Crippen molar-refractivity contribution >= 4 is 44.9 Å². The fourth-order valence-corrected chi connectivity index (χ4v) is 11.4. The Morgan fingerprint density at radius 3 is 1.97 bits per heavy atom. The Kier molecular flexibility index (Phi) is 8.66. The Morgan fingerprint density at radius 1 is 0.525 bits per heavy atom. The molecule has 2 nitrogen and oxygen atoms in total. The molecule has 1 heterocycles. The first-order valence-electron chi connectivity index (χ1n) is 22.3. The third kappa shape index (κ3) is 5.62. The molecule has 3 aliphatic carbocycles. The highest BCUT2D eigenvalue weighted by Crippen LogP contribution is 2.57. The van der Waals surface area contributed by atoms with E-state index in [1.54, 1.807) is 0 Å². The largest absolute Gasteiger partial charge is 0.454 e. The van der Waals surface area contributed by atoms with E-state index in [-0.39, 0.29) is 0 Å². The number of hydrogen-bond donors (Lipinski definition) is 0. The van der Waals surface area contributed by atoms with Gasteiger partial charge in [0.25, 0.3) is 0 Å². The van der Waals surface area contributed by atoms with E-state index in [0.29, 0.717) is 5.92 Å². The van der Waals surface area contributed by atoms with Crippen LogP contribution in [0.4, 0.5) is 11.4 Å². The first-order valence-corrected chi connectivity index (χ1v) is 22.3. The molecule has 0 spiro atoms. The maximum absolute atomic E-state index is 6.94. The van der Waals surface area contributed by atoms with Gasteiger partial charge in [0.1, 0.15) is 5.58 Å². The fraction of sp³-hybridized carbons (Fsp3) is 0.153. The summed E-state index contributed by atoms with van der Waals surface area (Å²) in [6, 6.07) is 70.2. The quantitative estimate of drug-likeness (QED) is 0.160. The number of furan rings is 1. The molecule has 0 radical (unpaired) electrons. The van der Waals surface area contributed by atoms with Gasteiger partial charge in [0.15, 0.2) is 5.42 Å². The van der Waals surface area contributed by atoms with Gasteiger partial charge in [-0.1, -0.05) is 189 Å². The summed E-state index contributed by atoms with van der Waals surface area (Å²) in [7, 11) is 0. The summed E-state index contributed by atoms with van der Waals surface area (Å²) in [4.78, 5) is 2.56. The van der Waals surface area contributed by atoms with Gasteiger partial charge in [0.2, 0.25) is 0 Å². The average molecular weight is 786 g/mol. The lowest BCUT2D eigenvalue weighted by Crippen LogP contribution is -2.33. The van der Waals surface area contributed by atoms with Gasteiger partial charge >= 0.3 is 0 Å². The van der Waals surface area contributed by atoms with Gasteiger partial charge in [0, 0.05) is 21.9 Å². The molecular weight excluding hydrogens is 739 g/mol. The van der Waals surface area contributed by atoms with Crippen LogP contribution >= 0.6 is 0 Å². The Bertz CT molecular complexity index is 3210. The van der Waals surface area contributed by atoms with Gasteiger partial charge in [0.05, 0.1) is 16.8 Å². The van der Waals surface area contributed by atoms with Crippen molar-refractivity contribution in [2.45, 2.75) is 56.3 Å². The molecule has 294 valence electrons. The van der Waals surface area contributed by atoms with E-state index in [4.69, 9.17) is 4.42 Å². The lowest BCUT2D eigenvalue weighted by atomic mass is 9.67. The summed E-state index contributed by atoms with van der Waals surface area (Å²) >= 11 is 0. The van der Waals surface area contributed by atoms with Crippen LogP contribution in [0.3, 0.4) is 0 Å². The van der Waals surface area contributed by atoms with Crippen LogP contribution in [0.25, 0.3) is 55.8 Å². The molecule has 0 unspecified atom stereocenters. The molecule has 8 aromatic carbocycles. The predicted molar refractivity (Wildman–Crippen MR) is 254 cm³/mol. The number of para-hydroxylation sites is 2. The minimum absolute atomic E-state index is 0.518. The molecule has 1 saturated carbocycles. The summed E-state index contributed by atoms with van der Waals surface area (Å²) < 4.78 is 6.94. The van der Waals surface area contributed by atoms with Crippen LogP contribution < -0.4 is 15.5 Å². The highest BCUT2D eigenvalue weighted by atomic mass is 16.3. The van der Waals surface area contributed by atoms with Crippen molar-refractivity contribution in [1.82, 2.24) is 0 Å². The number of anilines is 2. The lowest BCUT2D eigenvalue weighted by molar-refractivity contribution is 0.445. The number of fused-ring (bicyclic) bond motifs is 7. The second-order valence-electron chi connectivity index (χ2n) is 17.2. The number of hydrogen-bond acceptors (Lipinski definition) is 2. The summed E-state index contributed by atoms with van der Waals surface area (Å²) in [6.45, 7) is 0. The van der Waals surface area contributed by atoms with Crippen LogP contribution in [0.1, 0.15) is 78.7 Å². The molecule has 9 aromatic rings. The monoisotopic (exact) mass is 785 g/mol. The van der Waals surface area contributed by atoms with Gasteiger partial charge in [-0.05, 0) is 111 Å². The zero-order chi connectivity index (χ0) is 40.3. The van der Waals surface area contributed by atoms with Gasteiger partial charge < -0.3 is 9.32 Å². The number of nitrogens with zero attached hydrogens (tertiary/aromatic N) is 1. The fourth-order valence-electron chi connectivity index (χ4n) is 11.4. The topological polar surface area (TPSA) is 16.4 Å². The minimum atomic E-state index is -0.518. The maximum Gasteiger partial charge on any atom is 0.154 e. The van der Waals surface area contributed by atoms with E-state index >= 15 is 0 Å². The van der Waals surface area contributed by atoms with E-state index in [2.05, 4.69) is 199 Å². The van der Waals surface area contributed by atoms with Gasteiger partial charge in [-0.2, -0.15) is 0 Å². The number of benzene rings is 8. The molecule has 1 aromatic heterocycles. The molecule has 0 bridgehead atoms. The Morgan fingerprint density at radius 2 is 1.16 bits per heavy atom. The Balaban J connectivity index is 1.15. The van der Waals surface area contributed by atoms with Gasteiger partial charge in [-0.3, -0.25) is 0 Å². The van der Waals surface area contributed by atoms with Crippen LogP contribution in [0, 0.1) is 0 Å². The summed E-state index contributed by atoms with van der Waals surface area (Å²) in [6.07, 6.45) is 10.6. The Labute approximate surface area is 357 Å². The van der Waals surface area contributed by atoms with Gasteiger partial charge in [-0.25, -0.2) is 0 Å². The highest BCUT2D eigenvalue weighted by molar-refractivity contribution is 6.04. The van der Waals surface area contributed by atoms with Gasteiger partial charge in [-0.15, -0.1) is 0 Å². The smallest absolute Gasteiger partial charge is 0.154 e. The second-order valence-corrected chi connectivity index (χ2v) is 17.2. The molecule has 0 saturated heterocycles. The minimum Gasteiger partial charge on any atom is -0.454 e. The average Bonchev–Trinajstić information content (AvgIpc) is 3.87. The molecule has 0 N–H and O–H groups in total. The second kappa shape index (κ2) is 14.7. The molecule has 0 atom stereocenters. The van der Waals surface area contributed by atoms with E-state index in [0.717, 1.165) is 35.2 Å². The standard InChI is InChI=1S/C59H47NO/c1-3-19-40(20-4-1)45-31-15-21-41-22-16-32-50(57(41)45)48-29-9-13-36-54(48)60(55-37-18-33-51-49-30-10-14-38-56(49)61-58(51)55)44-26-17-25-43(39-44)59(42-23-5-2-6-24-42)52-34-11-7-27-46(52)47-28-8-12-35-53(47)59/h2,5-17,21-36,38-40H,1,3-4,18-20,37H2. The van der Waals surface area contributed by atoms with E-state index in [9.17, 15) is 0 Å². The molecule has 3 aliphatic rings. The first kappa shape index (κ1) is 36.0. The van der Waals surface area contributed by atoms with Crippen molar-refractivity contribution in [2.24, 2.45) is 0 Å². The zero-order valence-electron chi connectivity index (χ0n) is 34.4. The third-order valence-corrected chi connectivity index (χ3v) is 14.0. The zero-order valence-corrected chi connectivity index (χ0v) is 34.4. The van der Waals surface area contributed by atoms with Crippen LogP contribution in [-0.2, 0) is 5.41 Å². The molecule has 61 heavy (non-hydrogen) atoms. The predicted octanol–water partition coefficient (Wildman–Crippen LogP) is 14.2. The van der Waals surface area contributed by atoms with Crippen molar-refractivity contribution in [1.29, 1.82) is 0 Å². The first-order chi connectivity index (χ1) is 30.3. The molecule has 0 amide bonds. The summed E-state index contributed by atoms with van der Waals surface area (Å²) in [5, 5.41) is 5.07. The Hall–Kier alpha value is -6.90. The van der Waals surface area contributed by atoms with Crippen LogP contribution in [0.2, 0.25) is 0 Å². The van der Waals surface area contributed by atoms with Crippen LogP contribution in [-0.4, -0.2) is 0 Å². The molecule has 2 heteroatoms. The van der Waals surface area contributed by atoms with Crippen molar-refractivity contribution < 1.29 is 4.42 Å². The normalized spacial score (nSPS) is 15.6. The molecule has 1 fully saturated rings. The van der Waals surface area contributed by atoms with Crippen molar-refractivity contribution in [3.63, 3.8) is 0 Å². The van der Waals surface area contributed by atoms with Crippen molar-refractivity contribution in [2.75, 3.05) is 4.90 Å². The third-order valence-electron chi connectivity index (χ3n) is 14.0. The highest BCUT2D eigenvalue weighted by Gasteiger charge is 2.46. The van der Waals surface area contributed by atoms with E-state index in [1.807, 2.05) is 0 Å². The molecule has 0 aliphatic heterocycles. The SMILES string of the molecule is C1=c2c(oc3ccccc23)=C(N(c2cccc(C3(c4ccccc4)c4ccccc4-c4ccccc43)c2)c2ccccc2-c2cccc3cccc(C4CCCCC4)c23)CC1. The van der Waals surface area contributed by atoms with Crippen LogP contribution in [0.15, 0.2) is 192 Å². The number of rotatable bonds is 7. The lowest BCUT2D eigenvalue weighted by Gasteiger charge is -2.36. The van der Waals surface area contributed by atoms with Crippen molar-refractivity contribution in [3.05, 3.63) is 227 Å². The molecule has 12 rings (SSSR count). The van der Waals surface area contributed by atoms with E-state index in [1.165, 1.54) is 109 Å². The van der Waals surface area contributed by atoms with Crippen LogP contribution in [0.5, 0.6) is 0 Å².